The van der Waals surface area contributed by atoms with Gasteiger partial charge in [-0.2, -0.15) is 0 Å². The Hall–Kier alpha value is -3.86. The maximum absolute atomic E-state index is 9.04. The monoisotopic (exact) mass is 499 g/mol. The SMILES string of the molecule is COc1cccc(OC)c1OCC[NH2+]C[C@@H]1CO[C@H](c2cccc3ccccc23)O1.O=C([O-])C(=O)O. The van der Waals surface area contributed by atoms with Crippen LogP contribution in [0.4, 0.5) is 0 Å². The molecule has 0 bridgehead atoms. The lowest BCUT2D eigenvalue weighted by atomic mass is 10.0. The molecule has 0 amide bonds. The molecule has 0 radical (unpaired) electrons. The fourth-order valence-corrected chi connectivity index (χ4v) is 3.70. The number of carbonyl (C=O) groups is 2. The molecule has 3 aromatic rings. The van der Waals surface area contributed by atoms with Crippen LogP contribution >= 0.6 is 0 Å². The van der Waals surface area contributed by atoms with E-state index in [4.69, 9.17) is 43.5 Å². The second kappa shape index (κ2) is 13.3. The number of para-hydroxylation sites is 1. The first-order valence-electron chi connectivity index (χ1n) is 11.3. The van der Waals surface area contributed by atoms with E-state index in [9.17, 15) is 0 Å². The van der Waals surface area contributed by atoms with Gasteiger partial charge in [0, 0.05) is 5.56 Å². The number of benzene rings is 3. The number of nitrogens with two attached hydrogens (primary N) is 1. The van der Waals surface area contributed by atoms with Gasteiger partial charge in [0.15, 0.2) is 23.8 Å². The summed E-state index contributed by atoms with van der Waals surface area (Å²) < 4.78 is 28.7. The molecule has 0 aliphatic carbocycles. The van der Waals surface area contributed by atoms with Gasteiger partial charge in [0.2, 0.25) is 5.75 Å². The van der Waals surface area contributed by atoms with Gasteiger partial charge < -0.3 is 44.0 Å². The number of ether oxygens (including phenoxy) is 5. The lowest BCUT2D eigenvalue weighted by Crippen LogP contribution is -2.87. The third kappa shape index (κ3) is 7.08. The van der Waals surface area contributed by atoms with Crippen molar-refractivity contribution < 1.29 is 48.8 Å². The van der Waals surface area contributed by atoms with Crippen molar-refractivity contribution in [2.75, 3.05) is 40.5 Å². The number of fused-ring (bicyclic) bond motifs is 1. The fraction of sp³-hybridized carbons (Fsp3) is 0.308. The number of aliphatic carboxylic acids is 2. The molecule has 1 fully saturated rings. The lowest BCUT2D eigenvalue weighted by Gasteiger charge is -2.15. The molecule has 1 aliphatic rings. The van der Waals surface area contributed by atoms with Gasteiger partial charge in [0.1, 0.15) is 25.8 Å². The molecule has 2 atom stereocenters. The van der Waals surface area contributed by atoms with Gasteiger partial charge in [-0.3, -0.25) is 0 Å². The maximum Gasteiger partial charge on any atom is 0.351 e. The van der Waals surface area contributed by atoms with E-state index in [0.717, 1.165) is 18.7 Å². The van der Waals surface area contributed by atoms with Crippen molar-refractivity contribution in [3.05, 3.63) is 66.2 Å². The number of quaternary nitrogens is 1. The first-order chi connectivity index (χ1) is 17.4. The van der Waals surface area contributed by atoms with Crippen LogP contribution in [0.2, 0.25) is 0 Å². The largest absolute Gasteiger partial charge is 0.539 e. The summed E-state index contributed by atoms with van der Waals surface area (Å²) in [6, 6.07) is 20.1. The number of carboxylic acid groups (broad SMARTS) is 2. The summed E-state index contributed by atoms with van der Waals surface area (Å²) >= 11 is 0. The highest BCUT2D eigenvalue weighted by molar-refractivity contribution is 6.26. The Morgan fingerprint density at radius 2 is 1.67 bits per heavy atom. The van der Waals surface area contributed by atoms with Crippen molar-refractivity contribution in [2.24, 2.45) is 0 Å². The normalized spacial score (nSPS) is 16.6. The van der Waals surface area contributed by atoms with Crippen molar-refractivity contribution in [1.82, 2.24) is 0 Å². The molecule has 192 valence electrons. The first kappa shape index (κ1) is 26.7. The lowest BCUT2D eigenvalue weighted by molar-refractivity contribution is -0.661. The van der Waals surface area contributed by atoms with Gasteiger partial charge in [0.05, 0.1) is 20.8 Å². The van der Waals surface area contributed by atoms with E-state index in [-0.39, 0.29) is 12.4 Å². The zero-order valence-corrected chi connectivity index (χ0v) is 20.0. The zero-order valence-electron chi connectivity index (χ0n) is 20.0. The standard InChI is InChI=1S/C24H27NO5.C2H2O4/c1-26-21-11-6-12-22(27-2)23(21)28-14-13-25-15-18-16-29-24(30-18)20-10-5-8-17-7-3-4-9-19(17)20;3-1(4)2(5)6/h3-12,18,24-25H,13-16H2,1-2H3;(H,3,4)(H,5,6)/t18-,24+;/m1./s1. The highest BCUT2D eigenvalue weighted by atomic mass is 16.7. The molecule has 3 aromatic carbocycles. The number of rotatable bonds is 9. The van der Waals surface area contributed by atoms with E-state index in [1.165, 1.54) is 10.8 Å². The quantitative estimate of drug-likeness (QED) is 0.322. The smallest absolute Gasteiger partial charge is 0.351 e. The summed E-state index contributed by atoms with van der Waals surface area (Å²) in [7, 11) is 3.25. The maximum atomic E-state index is 9.04. The molecule has 3 N–H and O–H groups in total. The van der Waals surface area contributed by atoms with Crippen LogP contribution in [0.3, 0.4) is 0 Å². The molecular formula is C26H29NO9. The Morgan fingerprint density at radius 1 is 1.03 bits per heavy atom. The topological polar surface area (TPSA) is 140 Å². The molecule has 36 heavy (non-hydrogen) atoms. The molecule has 0 spiro atoms. The third-order valence-corrected chi connectivity index (χ3v) is 5.38. The highest BCUT2D eigenvalue weighted by Gasteiger charge is 2.29. The summed E-state index contributed by atoms with van der Waals surface area (Å²) in [6.45, 7) is 2.73. The third-order valence-electron chi connectivity index (χ3n) is 5.38. The molecule has 0 aromatic heterocycles. The van der Waals surface area contributed by atoms with Gasteiger partial charge in [-0.1, -0.05) is 48.5 Å². The summed E-state index contributed by atoms with van der Waals surface area (Å²) in [6.07, 6.45) is -0.265. The van der Waals surface area contributed by atoms with Crippen molar-refractivity contribution in [2.45, 2.75) is 12.4 Å². The van der Waals surface area contributed by atoms with E-state index in [1.54, 1.807) is 14.2 Å². The molecule has 1 heterocycles. The van der Waals surface area contributed by atoms with Crippen LogP contribution in [0, 0.1) is 0 Å². The summed E-state index contributed by atoms with van der Waals surface area (Å²) in [5, 5.41) is 20.9. The Balaban J connectivity index is 0.000000538. The summed E-state index contributed by atoms with van der Waals surface area (Å²) in [5.74, 6) is -2.04. The van der Waals surface area contributed by atoms with Crippen LogP contribution in [0.25, 0.3) is 10.8 Å². The van der Waals surface area contributed by atoms with Crippen LogP contribution in [0.1, 0.15) is 11.9 Å². The van der Waals surface area contributed by atoms with Crippen LogP contribution in [-0.4, -0.2) is 63.7 Å². The number of hydrogen-bond acceptors (Lipinski definition) is 8. The van der Waals surface area contributed by atoms with E-state index < -0.39 is 11.9 Å². The number of carbonyl (C=O) groups excluding carboxylic acids is 1. The van der Waals surface area contributed by atoms with Crippen molar-refractivity contribution in [1.29, 1.82) is 0 Å². The van der Waals surface area contributed by atoms with Gasteiger partial charge >= 0.3 is 5.97 Å². The van der Waals surface area contributed by atoms with Gasteiger partial charge in [-0.15, -0.1) is 0 Å². The Labute approximate surface area is 208 Å². The van der Waals surface area contributed by atoms with E-state index in [2.05, 4.69) is 29.6 Å². The van der Waals surface area contributed by atoms with Gasteiger partial charge in [-0.25, -0.2) is 4.79 Å². The van der Waals surface area contributed by atoms with Crippen molar-refractivity contribution in [3.8, 4) is 17.2 Å². The zero-order chi connectivity index (χ0) is 25.9. The molecule has 0 saturated carbocycles. The van der Waals surface area contributed by atoms with E-state index in [1.807, 2.05) is 36.4 Å². The van der Waals surface area contributed by atoms with Gasteiger partial charge in [0.25, 0.3) is 0 Å². The molecule has 10 heteroatoms. The minimum Gasteiger partial charge on any atom is -0.539 e. The van der Waals surface area contributed by atoms with Gasteiger partial charge in [-0.05, 0) is 22.9 Å². The van der Waals surface area contributed by atoms with E-state index in [0.29, 0.717) is 30.5 Å². The fourth-order valence-electron chi connectivity index (χ4n) is 3.70. The minimum absolute atomic E-state index is 0.0507. The highest BCUT2D eigenvalue weighted by Crippen LogP contribution is 2.36. The van der Waals surface area contributed by atoms with Crippen LogP contribution in [-0.2, 0) is 19.1 Å². The second-order valence-corrected chi connectivity index (χ2v) is 7.74. The number of methoxy groups -OCH3 is 2. The molecule has 4 rings (SSSR count). The predicted molar refractivity (Wildman–Crippen MR) is 127 cm³/mol. The minimum atomic E-state index is -2.07. The first-order valence-corrected chi connectivity index (χ1v) is 11.3. The van der Waals surface area contributed by atoms with Crippen molar-refractivity contribution in [3.63, 3.8) is 0 Å². The molecule has 10 nitrogen and oxygen atoms in total. The predicted octanol–water partition coefficient (Wildman–Crippen LogP) is 0.734. The Morgan fingerprint density at radius 3 is 2.33 bits per heavy atom. The second-order valence-electron chi connectivity index (χ2n) is 7.74. The van der Waals surface area contributed by atoms with Crippen LogP contribution in [0.5, 0.6) is 17.2 Å². The Bertz CT molecular complexity index is 1130. The summed E-state index contributed by atoms with van der Waals surface area (Å²) in [4.78, 5) is 18.0. The van der Waals surface area contributed by atoms with Crippen LogP contribution in [0.15, 0.2) is 60.7 Å². The van der Waals surface area contributed by atoms with E-state index >= 15 is 0 Å². The molecular weight excluding hydrogens is 470 g/mol. The molecule has 0 unspecified atom stereocenters. The molecule has 1 aliphatic heterocycles. The Kier molecular flexibility index (Phi) is 9.87. The number of hydrogen-bond donors (Lipinski definition) is 2. The molecule has 1 saturated heterocycles. The van der Waals surface area contributed by atoms with Crippen LogP contribution < -0.4 is 24.6 Å². The number of carboxylic acids is 2. The average molecular weight is 500 g/mol. The average Bonchev–Trinajstić information content (AvgIpc) is 3.37. The summed E-state index contributed by atoms with van der Waals surface area (Å²) in [5.41, 5.74) is 1.09. The van der Waals surface area contributed by atoms with Crippen molar-refractivity contribution >= 4 is 22.7 Å².